The van der Waals surface area contributed by atoms with Crippen LogP contribution in [0.2, 0.25) is 0 Å². The predicted octanol–water partition coefficient (Wildman–Crippen LogP) is 15.6. The van der Waals surface area contributed by atoms with Crippen molar-refractivity contribution in [2.24, 2.45) is 41.4 Å². The first kappa shape index (κ1) is 94.6. The fourth-order valence-electron chi connectivity index (χ4n) is 22.7. The van der Waals surface area contributed by atoms with Crippen LogP contribution in [0.15, 0.2) is 84.9 Å². The van der Waals surface area contributed by atoms with Gasteiger partial charge in [0.2, 0.25) is 0 Å². The van der Waals surface area contributed by atoms with Gasteiger partial charge >= 0.3 is 0 Å². The first-order valence-corrected chi connectivity index (χ1v) is 50.0. The van der Waals surface area contributed by atoms with Crippen LogP contribution in [0.4, 0.5) is 40.7 Å². The molecule has 14 aliphatic rings. The highest BCUT2D eigenvalue weighted by Gasteiger charge is 2.45. The molecule has 128 heavy (non-hydrogen) atoms. The number of nitrogens with one attached hydrogen (secondary N) is 7. The van der Waals surface area contributed by atoms with E-state index < -0.39 is 0 Å². The van der Waals surface area contributed by atoms with Crippen molar-refractivity contribution in [3.8, 4) is 11.5 Å². The lowest BCUT2D eigenvalue weighted by Crippen LogP contribution is -2.34. The summed E-state index contributed by atoms with van der Waals surface area (Å²) in [5.41, 5.74) is 15.0. The molecule has 7 aromatic rings. The highest BCUT2D eigenvalue weighted by Crippen LogP contribution is 2.41. The summed E-state index contributed by atoms with van der Waals surface area (Å²) in [5.74, 6) is 19.0. The number of hydrogen-bond acceptors (Lipinski definition) is 23. The normalized spacial score (nSPS) is 26.7. The van der Waals surface area contributed by atoms with Crippen LogP contribution in [0, 0.1) is 76.0 Å². The Kier molecular flexibility index (Phi) is 31.5. The molecule has 698 valence electrons. The Morgan fingerprint density at radius 1 is 0.219 bits per heavy atom. The number of rotatable bonds is 16. The van der Waals surface area contributed by atoms with Crippen molar-refractivity contribution in [2.75, 3.05) is 186 Å². The molecule has 21 heterocycles. The number of aryl methyl sites for hydroxylation is 5. The highest BCUT2D eigenvalue weighted by molar-refractivity contribution is 5.54. The van der Waals surface area contributed by atoms with E-state index in [1.165, 1.54) is 196 Å². The highest BCUT2D eigenvalue weighted by atomic mass is 16.5. The van der Waals surface area contributed by atoms with Gasteiger partial charge in [-0.15, -0.1) is 0 Å². The minimum Gasteiger partial charge on any atom is -0.497 e. The van der Waals surface area contributed by atoms with Crippen LogP contribution >= 0.6 is 0 Å². The van der Waals surface area contributed by atoms with Crippen LogP contribution in [-0.2, 0) is 0 Å². The predicted molar refractivity (Wildman–Crippen MR) is 530 cm³/mol. The largest absolute Gasteiger partial charge is 0.497 e. The summed E-state index contributed by atoms with van der Waals surface area (Å²) in [6.45, 7) is 65.9. The zero-order valence-electron chi connectivity index (χ0n) is 82.1. The van der Waals surface area contributed by atoms with Gasteiger partial charge in [-0.05, 0) is 251 Å². The zero-order chi connectivity index (χ0) is 90.3. The third-order valence-corrected chi connectivity index (χ3v) is 30.3. The third-order valence-electron chi connectivity index (χ3n) is 30.3. The van der Waals surface area contributed by atoms with Crippen LogP contribution in [0.3, 0.4) is 0 Å². The maximum atomic E-state index is 5.43. The Labute approximate surface area is 769 Å². The second kappa shape index (κ2) is 42.7. The Bertz CT molecular complexity index is 4210. The molecule has 7 aromatic heterocycles. The summed E-state index contributed by atoms with van der Waals surface area (Å²) in [7, 11) is 3.46. The maximum absolute atomic E-state index is 5.43. The number of hydrogen-bond donors (Lipinski definition) is 7. The summed E-state index contributed by atoms with van der Waals surface area (Å²) in [6.07, 6.45) is 9.09. The molecule has 23 heteroatoms. The molecule has 23 nitrogen and oxygen atoms in total. The van der Waals surface area contributed by atoms with Crippen LogP contribution in [0.25, 0.3) is 0 Å². The Balaban J connectivity index is 0.000000115. The maximum Gasteiger partial charge on any atom is 0.132 e. The molecule has 2 unspecified atom stereocenters. The van der Waals surface area contributed by atoms with E-state index in [4.69, 9.17) is 44.4 Å². The minimum absolute atomic E-state index is 0.425. The summed E-state index contributed by atoms with van der Waals surface area (Å²) in [6, 6.07) is 35.1. The van der Waals surface area contributed by atoms with Crippen molar-refractivity contribution in [2.45, 2.75) is 260 Å². The summed E-state index contributed by atoms with van der Waals surface area (Å²) < 4.78 is 10.9. The molecule has 14 fully saturated rings. The molecular weight excluding hydrogens is 1590 g/mol. The summed E-state index contributed by atoms with van der Waals surface area (Å²) >= 11 is 0. The van der Waals surface area contributed by atoms with E-state index in [-0.39, 0.29) is 0 Å². The van der Waals surface area contributed by atoms with Gasteiger partial charge in [-0.3, -0.25) is 0 Å². The molecule has 14 atom stereocenters. The van der Waals surface area contributed by atoms with Gasteiger partial charge in [-0.1, -0.05) is 96.9 Å². The quantitative estimate of drug-likeness (QED) is 0.0479. The molecule has 0 aromatic carbocycles. The molecule has 0 aliphatic carbocycles. The van der Waals surface area contributed by atoms with E-state index in [2.05, 4.69) is 288 Å². The number of nitrogens with zero attached hydrogens (tertiary/aromatic N) is 14. The van der Waals surface area contributed by atoms with E-state index in [0.717, 1.165) is 148 Å². The average Bonchev–Trinajstić information content (AvgIpc) is 1.67. The molecule has 0 saturated carbocycles. The van der Waals surface area contributed by atoms with Crippen molar-refractivity contribution in [1.29, 1.82) is 0 Å². The molecular formula is C105H161N21O2. The van der Waals surface area contributed by atoms with Gasteiger partial charge in [0.15, 0.2) is 0 Å². The van der Waals surface area contributed by atoms with Crippen molar-refractivity contribution >= 4 is 40.7 Å². The lowest BCUT2D eigenvalue weighted by molar-refractivity contribution is 0.413. The first-order valence-electron chi connectivity index (χ1n) is 50.0. The standard InChI is InChI=1S/2C15H23N3O.5C15H23N3/c2*1-10(2)13-6-12(19-3)7-15(17-13)18-5-4-11-8-16-9-14(11)18;5*1-10(2)13-6-11(3)7-15(17-13)18-5-4-12-8-16-9-14(12)18/h2*6-7,10-11,14,16H,4-5,8-9H2,1-3H3;5*6-7,10,12,14,16H,4-5,8-9H2,1-3H3/t2*11-,14-;2*12-,14+;2*12-,14-;/m101010./s1. The minimum atomic E-state index is 0.425. The van der Waals surface area contributed by atoms with Crippen LogP contribution in [0.5, 0.6) is 11.5 Å². The van der Waals surface area contributed by atoms with E-state index in [1.54, 1.807) is 14.2 Å². The Hall–Kier alpha value is -8.03. The SMILES string of the molecule is COc1cc(C(C)C)nc(N2CC[C@@H]3CNC[C@H]32)c1.COc1cc(C(C)C)nc(N2CC[C@H]3CNC[C@@H]32)c1.Cc1cc(C(C)C)nc(N2CCC3CNCC32)c1.Cc1cc(C(C)C)nc(N2CC[C@@H]3CNC[C@@H]32)c1.Cc1cc(C(C)C)nc(N2CC[C@@H]3CNC[C@H]32)c1.Cc1cc(C(C)C)nc(N2CC[C@H]3CNC[C@@H]32)c1.Cc1cc(C(C)C)nc(N2CC[C@H]3CNC[C@H]32)c1. The van der Waals surface area contributed by atoms with Crippen molar-refractivity contribution in [3.63, 3.8) is 0 Å². The van der Waals surface area contributed by atoms with Crippen molar-refractivity contribution < 1.29 is 9.47 Å². The molecule has 14 saturated heterocycles. The number of aromatic nitrogens is 7. The van der Waals surface area contributed by atoms with Gasteiger partial charge in [-0.25, -0.2) is 34.9 Å². The van der Waals surface area contributed by atoms with Gasteiger partial charge in [0, 0.05) is 244 Å². The van der Waals surface area contributed by atoms with Crippen molar-refractivity contribution in [1.82, 2.24) is 72.1 Å². The zero-order valence-corrected chi connectivity index (χ0v) is 82.1. The van der Waals surface area contributed by atoms with E-state index in [9.17, 15) is 0 Å². The first-order chi connectivity index (χ1) is 61.6. The molecule has 14 aliphatic heterocycles. The van der Waals surface area contributed by atoms with Crippen LogP contribution in [0.1, 0.15) is 251 Å². The molecule has 7 N–H and O–H groups in total. The number of anilines is 7. The number of pyridine rings is 7. The lowest BCUT2D eigenvalue weighted by atomic mass is 10.0. The van der Waals surface area contributed by atoms with E-state index in [0.29, 0.717) is 83.7 Å². The lowest BCUT2D eigenvalue weighted by Gasteiger charge is -2.25. The van der Waals surface area contributed by atoms with Gasteiger partial charge in [0.05, 0.1) is 14.2 Å². The number of fused-ring (bicyclic) bond motifs is 7. The summed E-state index contributed by atoms with van der Waals surface area (Å²) in [5, 5.41) is 24.5. The Morgan fingerprint density at radius 2 is 0.367 bits per heavy atom. The third kappa shape index (κ3) is 22.3. The van der Waals surface area contributed by atoms with Gasteiger partial charge < -0.3 is 81.0 Å². The second-order valence-corrected chi connectivity index (χ2v) is 42.1. The molecule has 21 rings (SSSR count). The van der Waals surface area contributed by atoms with Crippen LogP contribution < -0.4 is 81.0 Å². The topological polar surface area (TPSA) is 216 Å². The van der Waals surface area contributed by atoms with Gasteiger partial charge in [0.1, 0.15) is 52.2 Å². The Morgan fingerprint density at radius 3 is 0.516 bits per heavy atom. The summed E-state index contributed by atoms with van der Waals surface area (Å²) in [4.78, 5) is 51.6. The van der Waals surface area contributed by atoms with E-state index in [1.807, 2.05) is 0 Å². The number of ether oxygens (including phenoxy) is 2. The molecule has 0 bridgehead atoms. The smallest absolute Gasteiger partial charge is 0.132 e. The average molecular weight is 1750 g/mol. The number of methoxy groups -OCH3 is 2. The fourth-order valence-corrected chi connectivity index (χ4v) is 22.7. The van der Waals surface area contributed by atoms with Crippen molar-refractivity contribution in [3.05, 3.63) is 153 Å². The molecule has 0 amide bonds. The monoisotopic (exact) mass is 1750 g/mol. The van der Waals surface area contributed by atoms with Crippen LogP contribution in [-0.4, -0.2) is 229 Å². The van der Waals surface area contributed by atoms with E-state index >= 15 is 0 Å². The fraction of sp³-hybridized carbons (Fsp3) is 0.667. The molecule has 0 spiro atoms. The molecule has 0 radical (unpaired) electrons. The van der Waals surface area contributed by atoms with Gasteiger partial charge in [-0.2, -0.15) is 0 Å². The second-order valence-electron chi connectivity index (χ2n) is 42.1. The van der Waals surface area contributed by atoms with Gasteiger partial charge in [0.25, 0.3) is 0 Å².